The minimum absolute atomic E-state index is 0.257. The molecule has 3 unspecified atom stereocenters. The van der Waals surface area contributed by atoms with Crippen molar-refractivity contribution in [3.05, 3.63) is 0 Å². The van der Waals surface area contributed by atoms with Crippen LogP contribution in [0.15, 0.2) is 0 Å². The highest BCUT2D eigenvalue weighted by Crippen LogP contribution is 2.34. The summed E-state index contributed by atoms with van der Waals surface area (Å²) in [6, 6.07) is 1.43. The molecule has 0 aromatic heterocycles. The predicted molar refractivity (Wildman–Crippen MR) is 65.2 cm³/mol. The van der Waals surface area contributed by atoms with Gasteiger partial charge >= 0.3 is 0 Å². The topological polar surface area (TPSA) is 32.3 Å². The first-order valence-electron chi connectivity index (χ1n) is 6.70. The van der Waals surface area contributed by atoms with Crippen molar-refractivity contribution in [2.45, 2.75) is 64.6 Å². The maximum absolute atomic E-state index is 12.5. The van der Waals surface area contributed by atoms with Crippen molar-refractivity contribution in [1.29, 1.82) is 0 Å². The van der Waals surface area contributed by atoms with Gasteiger partial charge in [0.1, 0.15) is 0 Å². The number of fused-ring (bicyclic) bond motifs is 2. The largest absolute Gasteiger partial charge is 0.340 e. The monoisotopic (exact) mass is 224 g/mol. The first kappa shape index (κ1) is 11.9. The van der Waals surface area contributed by atoms with Crippen LogP contribution in [0.5, 0.6) is 0 Å². The SMILES string of the molecule is CCCN(C(=O)C1CC2CCC1N2)C(C)C. The van der Waals surface area contributed by atoms with Crippen LogP contribution in [0, 0.1) is 5.92 Å². The fourth-order valence-electron chi connectivity index (χ4n) is 3.17. The summed E-state index contributed by atoms with van der Waals surface area (Å²) in [5.41, 5.74) is 0. The first-order valence-corrected chi connectivity index (χ1v) is 6.70. The van der Waals surface area contributed by atoms with Crippen LogP contribution in [0.4, 0.5) is 0 Å². The quantitative estimate of drug-likeness (QED) is 0.789. The Bertz CT molecular complexity index is 261. The van der Waals surface area contributed by atoms with Crippen molar-refractivity contribution in [1.82, 2.24) is 10.2 Å². The summed E-state index contributed by atoms with van der Waals surface area (Å²) >= 11 is 0. The van der Waals surface area contributed by atoms with Crippen LogP contribution in [-0.4, -0.2) is 35.5 Å². The minimum Gasteiger partial charge on any atom is -0.340 e. The van der Waals surface area contributed by atoms with Crippen LogP contribution in [0.25, 0.3) is 0 Å². The molecular formula is C13H24N2O. The van der Waals surface area contributed by atoms with E-state index in [-0.39, 0.29) is 5.92 Å². The van der Waals surface area contributed by atoms with Crippen LogP contribution in [0.3, 0.4) is 0 Å². The van der Waals surface area contributed by atoms with Gasteiger partial charge in [0.2, 0.25) is 5.91 Å². The zero-order chi connectivity index (χ0) is 11.7. The summed E-state index contributed by atoms with van der Waals surface area (Å²) in [6.45, 7) is 7.29. The Morgan fingerprint density at radius 3 is 2.62 bits per heavy atom. The van der Waals surface area contributed by atoms with E-state index < -0.39 is 0 Å². The molecule has 2 aliphatic heterocycles. The molecule has 2 rings (SSSR count). The first-order chi connectivity index (χ1) is 7.63. The molecule has 0 saturated carbocycles. The second-order valence-corrected chi connectivity index (χ2v) is 5.52. The third-order valence-electron chi connectivity index (χ3n) is 3.99. The van der Waals surface area contributed by atoms with Gasteiger partial charge in [-0.25, -0.2) is 0 Å². The number of carbonyl (C=O) groups is 1. The number of rotatable bonds is 4. The molecule has 0 aliphatic carbocycles. The molecule has 0 radical (unpaired) electrons. The standard InChI is InChI=1S/C13H24N2O/c1-4-7-15(9(2)3)13(16)11-8-10-5-6-12(11)14-10/h9-12,14H,4-8H2,1-3H3. The fourth-order valence-corrected chi connectivity index (χ4v) is 3.17. The molecule has 1 amide bonds. The van der Waals surface area contributed by atoms with E-state index in [1.54, 1.807) is 0 Å². The third kappa shape index (κ3) is 2.10. The van der Waals surface area contributed by atoms with Gasteiger partial charge in [-0.3, -0.25) is 4.79 Å². The number of nitrogens with zero attached hydrogens (tertiary/aromatic N) is 1. The lowest BCUT2D eigenvalue weighted by atomic mass is 9.88. The van der Waals surface area contributed by atoms with E-state index in [1.807, 2.05) is 0 Å². The lowest BCUT2D eigenvalue weighted by Crippen LogP contribution is -2.44. The molecule has 2 fully saturated rings. The molecule has 0 aromatic rings. The second kappa shape index (κ2) is 4.74. The molecule has 3 atom stereocenters. The number of nitrogens with one attached hydrogen (secondary N) is 1. The molecule has 0 spiro atoms. The molecule has 2 heterocycles. The maximum Gasteiger partial charge on any atom is 0.227 e. The average Bonchev–Trinajstić information content (AvgIpc) is 2.86. The van der Waals surface area contributed by atoms with E-state index in [9.17, 15) is 4.79 Å². The van der Waals surface area contributed by atoms with Gasteiger partial charge in [-0.05, 0) is 39.5 Å². The zero-order valence-electron chi connectivity index (χ0n) is 10.7. The minimum atomic E-state index is 0.257. The Morgan fingerprint density at radius 2 is 2.19 bits per heavy atom. The Morgan fingerprint density at radius 1 is 1.44 bits per heavy atom. The van der Waals surface area contributed by atoms with E-state index in [1.165, 1.54) is 12.8 Å². The maximum atomic E-state index is 12.5. The van der Waals surface area contributed by atoms with Gasteiger partial charge in [0.25, 0.3) is 0 Å². The lowest BCUT2D eigenvalue weighted by molar-refractivity contribution is -0.137. The predicted octanol–water partition coefficient (Wildman–Crippen LogP) is 1.77. The molecule has 1 N–H and O–H groups in total. The molecule has 16 heavy (non-hydrogen) atoms. The Balaban J connectivity index is 2.00. The average molecular weight is 224 g/mol. The van der Waals surface area contributed by atoms with Gasteiger partial charge in [-0.15, -0.1) is 0 Å². The highest BCUT2D eigenvalue weighted by Gasteiger charge is 2.44. The van der Waals surface area contributed by atoms with Crippen LogP contribution < -0.4 is 5.32 Å². The fraction of sp³-hybridized carbons (Fsp3) is 0.923. The number of amides is 1. The van der Waals surface area contributed by atoms with Gasteiger partial charge < -0.3 is 10.2 Å². The van der Waals surface area contributed by atoms with Crippen LogP contribution in [0.1, 0.15) is 46.5 Å². The zero-order valence-corrected chi connectivity index (χ0v) is 10.7. The molecule has 0 aromatic carbocycles. The molecule has 3 heteroatoms. The van der Waals surface area contributed by atoms with Crippen LogP contribution in [-0.2, 0) is 4.79 Å². The second-order valence-electron chi connectivity index (χ2n) is 5.52. The lowest BCUT2D eigenvalue weighted by Gasteiger charge is -2.31. The van der Waals surface area contributed by atoms with Gasteiger partial charge in [-0.2, -0.15) is 0 Å². The highest BCUT2D eigenvalue weighted by molar-refractivity contribution is 5.80. The summed E-state index contributed by atoms with van der Waals surface area (Å²) in [5, 5.41) is 3.55. The van der Waals surface area contributed by atoms with Gasteiger partial charge in [0.15, 0.2) is 0 Å². The van der Waals surface area contributed by atoms with E-state index in [2.05, 4.69) is 31.0 Å². The summed E-state index contributed by atoms with van der Waals surface area (Å²) < 4.78 is 0. The van der Waals surface area contributed by atoms with Crippen molar-refractivity contribution in [3.63, 3.8) is 0 Å². The van der Waals surface area contributed by atoms with Gasteiger partial charge in [0.05, 0.1) is 5.92 Å². The number of hydrogen-bond donors (Lipinski definition) is 1. The highest BCUT2D eigenvalue weighted by atomic mass is 16.2. The Kier molecular flexibility index (Phi) is 3.53. The summed E-state index contributed by atoms with van der Waals surface area (Å²) in [4.78, 5) is 14.5. The molecule has 92 valence electrons. The smallest absolute Gasteiger partial charge is 0.227 e. The molecule has 2 bridgehead atoms. The van der Waals surface area contributed by atoms with Crippen molar-refractivity contribution in [2.75, 3.05) is 6.54 Å². The Hall–Kier alpha value is -0.570. The third-order valence-corrected chi connectivity index (χ3v) is 3.99. The van der Waals surface area contributed by atoms with Crippen LogP contribution in [0.2, 0.25) is 0 Å². The van der Waals surface area contributed by atoms with Gasteiger partial charge in [-0.1, -0.05) is 6.92 Å². The van der Waals surface area contributed by atoms with Crippen molar-refractivity contribution < 1.29 is 4.79 Å². The number of carbonyl (C=O) groups excluding carboxylic acids is 1. The molecule has 2 aliphatic rings. The molecule has 3 nitrogen and oxygen atoms in total. The van der Waals surface area contributed by atoms with E-state index in [0.717, 1.165) is 19.4 Å². The number of hydrogen-bond acceptors (Lipinski definition) is 2. The summed E-state index contributed by atoms with van der Waals surface area (Å²) in [7, 11) is 0. The van der Waals surface area contributed by atoms with E-state index in [0.29, 0.717) is 24.0 Å². The van der Waals surface area contributed by atoms with Crippen molar-refractivity contribution in [2.24, 2.45) is 5.92 Å². The van der Waals surface area contributed by atoms with E-state index in [4.69, 9.17) is 0 Å². The molecular weight excluding hydrogens is 200 g/mol. The molecule has 2 saturated heterocycles. The van der Waals surface area contributed by atoms with Gasteiger partial charge in [0, 0.05) is 24.7 Å². The van der Waals surface area contributed by atoms with Crippen molar-refractivity contribution in [3.8, 4) is 0 Å². The van der Waals surface area contributed by atoms with E-state index >= 15 is 0 Å². The van der Waals surface area contributed by atoms with Crippen molar-refractivity contribution >= 4 is 5.91 Å². The Labute approximate surface area is 98.6 Å². The summed E-state index contributed by atoms with van der Waals surface area (Å²) in [6.07, 6.45) is 4.58. The van der Waals surface area contributed by atoms with Crippen LogP contribution >= 0.6 is 0 Å². The summed E-state index contributed by atoms with van der Waals surface area (Å²) in [5.74, 6) is 0.643. The normalized spacial score (nSPS) is 32.4.